The smallest absolute Gasteiger partial charge is 0.251 e. The van der Waals surface area contributed by atoms with Crippen molar-refractivity contribution < 1.29 is 8.42 Å². The lowest BCUT2D eigenvalue weighted by atomic mass is 9.88. The van der Waals surface area contributed by atoms with Gasteiger partial charge in [0.25, 0.3) is 5.56 Å². The van der Waals surface area contributed by atoms with Crippen LogP contribution in [0.2, 0.25) is 0 Å². The summed E-state index contributed by atoms with van der Waals surface area (Å²) in [6.07, 6.45) is 7.82. The van der Waals surface area contributed by atoms with Crippen molar-refractivity contribution in [2.75, 3.05) is 0 Å². The van der Waals surface area contributed by atoms with E-state index in [0.717, 1.165) is 17.9 Å². The first-order valence-corrected chi connectivity index (χ1v) is 12.5. The fourth-order valence-corrected chi connectivity index (χ4v) is 5.78. The average Bonchev–Trinajstić information content (AvgIpc) is 3.09. The Labute approximate surface area is 183 Å². The van der Waals surface area contributed by atoms with E-state index >= 15 is 0 Å². The summed E-state index contributed by atoms with van der Waals surface area (Å²) in [5.41, 5.74) is 1.15. The van der Waals surface area contributed by atoms with E-state index in [9.17, 15) is 13.2 Å². The number of sulfone groups is 1. The molecule has 1 fully saturated rings. The van der Waals surface area contributed by atoms with Crippen LogP contribution in [-0.2, 0) is 28.8 Å². The van der Waals surface area contributed by atoms with Crippen LogP contribution in [0.3, 0.4) is 0 Å². The van der Waals surface area contributed by atoms with Gasteiger partial charge in [-0.3, -0.25) is 4.79 Å². The molecule has 0 aliphatic heterocycles. The zero-order chi connectivity index (χ0) is 22.4. The summed E-state index contributed by atoms with van der Waals surface area (Å²) in [6.45, 7) is 7.35. The number of imidazole rings is 1. The predicted octanol–water partition coefficient (Wildman–Crippen LogP) is 4.45. The highest BCUT2D eigenvalue weighted by Gasteiger charge is 2.27. The van der Waals surface area contributed by atoms with Gasteiger partial charge >= 0.3 is 0 Å². The molecule has 0 N–H and O–H groups in total. The standard InChI is InChI=1S/C24H31N3O3S/c1-24(2,3)23-25-20-14-18(31(29,30)19-12-13-26(4)22(28)15-19)10-11-21(20)27(23)16-17-8-6-5-7-9-17/h10-15,17H,5-9,16H2,1-4H3. The summed E-state index contributed by atoms with van der Waals surface area (Å²) >= 11 is 0. The van der Waals surface area contributed by atoms with Crippen LogP contribution in [-0.4, -0.2) is 22.5 Å². The number of aromatic nitrogens is 3. The van der Waals surface area contributed by atoms with Crippen molar-refractivity contribution in [1.82, 2.24) is 14.1 Å². The van der Waals surface area contributed by atoms with Crippen LogP contribution in [0.1, 0.15) is 58.7 Å². The number of nitrogens with zero attached hydrogens (tertiary/aromatic N) is 3. The molecule has 0 atom stereocenters. The van der Waals surface area contributed by atoms with E-state index in [1.165, 1.54) is 55.0 Å². The number of pyridine rings is 1. The molecule has 6 nitrogen and oxygen atoms in total. The van der Waals surface area contributed by atoms with Gasteiger partial charge in [0.15, 0.2) is 0 Å². The zero-order valence-electron chi connectivity index (χ0n) is 18.8. The second-order valence-electron chi connectivity index (χ2n) is 9.77. The lowest BCUT2D eigenvalue weighted by Gasteiger charge is -2.26. The van der Waals surface area contributed by atoms with Crippen LogP contribution in [0.25, 0.3) is 11.0 Å². The number of rotatable bonds is 4. The topological polar surface area (TPSA) is 74.0 Å². The predicted molar refractivity (Wildman–Crippen MR) is 122 cm³/mol. The van der Waals surface area contributed by atoms with Gasteiger partial charge in [0.2, 0.25) is 9.84 Å². The van der Waals surface area contributed by atoms with Gasteiger partial charge in [0.1, 0.15) is 5.82 Å². The highest BCUT2D eigenvalue weighted by atomic mass is 32.2. The zero-order valence-corrected chi connectivity index (χ0v) is 19.6. The van der Waals surface area contributed by atoms with E-state index in [1.807, 2.05) is 6.07 Å². The van der Waals surface area contributed by atoms with Gasteiger partial charge in [-0.25, -0.2) is 13.4 Å². The van der Waals surface area contributed by atoms with Gasteiger partial charge in [-0.2, -0.15) is 0 Å². The third-order valence-electron chi connectivity index (χ3n) is 6.25. The summed E-state index contributed by atoms with van der Waals surface area (Å²) < 4.78 is 30.0. The van der Waals surface area contributed by atoms with Gasteiger partial charge in [0, 0.05) is 31.3 Å². The number of hydrogen-bond donors (Lipinski definition) is 0. The highest BCUT2D eigenvalue weighted by molar-refractivity contribution is 7.91. The maximum Gasteiger partial charge on any atom is 0.251 e. The lowest BCUT2D eigenvalue weighted by Crippen LogP contribution is -2.22. The summed E-state index contributed by atoms with van der Waals surface area (Å²) in [5, 5.41) is 0. The summed E-state index contributed by atoms with van der Waals surface area (Å²) in [7, 11) is -2.20. The summed E-state index contributed by atoms with van der Waals surface area (Å²) in [5.74, 6) is 1.62. The minimum atomic E-state index is -3.80. The molecule has 0 radical (unpaired) electrons. The molecule has 1 aromatic carbocycles. The van der Waals surface area contributed by atoms with Crippen molar-refractivity contribution in [2.24, 2.45) is 13.0 Å². The van der Waals surface area contributed by atoms with E-state index in [0.29, 0.717) is 11.4 Å². The second-order valence-corrected chi connectivity index (χ2v) is 11.7. The Morgan fingerprint density at radius 2 is 1.71 bits per heavy atom. The van der Waals surface area contributed by atoms with Crippen LogP contribution in [0, 0.1) is 5.92 Å². The third kappa shape index (κ3) is 4.20. The first-order chi connectivity index (χ1) is 14.6. The van der Waals surface area contributed by atoms with E-state index in [-0.39, 0.29) is 20.8 Å². The molecule has 4 rings (SSSR count). The molecule has 1 aliphatic rings. The van der Waals surface area contributed by atoms with Gasteiger partial charge in [0.05, 0.1) is 20.8 Å². The molecule has 0 amide bonds. The van der Waals surface area contributed by atoms with Crippen molar-refractivity contribution in [2.45, 2.75) is 74.6 Å². The third-order valence-corrected chi connectivity index (χ3v) is 8.00. The molecule has 1 aliphatic carbocycles. The first kappa shape index (κ1) is 21.8. The van der Waals surface area contributed by atoms with Crippen LogP contribution >= 0.6 is 0 Å². The van der Waals surface area contributed by atoms with Crippen molar-refractivity contribution in [3.63, 3.8) is 0 Å². The Morgan fingerprint density at radius 3 is 2.35 bits per heavy atom. The van der Waals surface area contributed by atoms with Crippen LogP contribution < -0.4 is 5.56 Å². The Bertz CT molecular complexity index is 1270. The lowest BCUT2D eigenvalue weighted by molar-refractivity contribution is 0.313. The molecule has 2 aromatic heterocycles. The quantitative estimate of drug-likeness (QED) is 0.600. The van der Waals surface area contributed by atoms with Crippen LogP contribution in [0.15, 0.2) is 51.1 Å². The fraction of sp³-hybridized carbons (Fsp3) is 0.500. The molecule has 3 aromatic rings. The Balaban J connectivity index is 1.80. The van der Waals surface area contributed by atoms with Crippen LogP contribution in [0.4, 0.5) is 0 Å². The van der Waals surface area contributed by atoms with Crippen molar-refractivity contribution in [3.05, 3.63) is 52.7 Å². The molecule has 0 saturated heterocycles. The maximum absolute atomic E-state index is 13.2. The molecule has 1 saturated carbocycles. The van der Waals surface area contributed by atoms with E-state index < -0.39 is 9.84 Å². The first-order valence-electron chi connectivity index (χ1n) is 11.0. The maximum atomic E-state index is 13.2. The number of fused-ring (bicyclic) bond motifs is 1. The van der Waals surface area contributed by atoms with Crippen molar-refractivity contribution in [3.8, 4) is 0 Å². The van der Waals surface area contributed by atoms with Gasteiger partial charge in [-0.1, -0.05) is 40.0 Å². The molecule has 0 unspecified atom stereocenters. The van der Waals surface area contributed by atoms with E-state index in [2.05, 4.69) is 25.3 Å². The SMILES string of the molecule is Cn1ccc(S(=O)(=O)c2ccc3c(c2)nc(C(C)(C)C)n3CC2CCCCC2)cc1=O. The minimum Gasteiger partial charge on any atom is -0.327 e. The molecule has 31 heavy (non-hydrogen) atoms. The Hall–Kier alpha value is -2.41. The van der Waals surface area contributed by atoms with Crippen LogP contribution in [0.5, 0.6) is 0 Å². The number of aryl methyl sites for hydroxylation is 1. The fourth-order valence-electron chi connectivity index (χ4n) is 4.50. The molecule has 7 heteroatoms. The van der Waals surface area contributed by atoms with Crippen molar-refractivity contribution in [1.29, 1.82) is 0 Å². The molecule has 166 valence electrons. The highest BCUT2D eigenvalue weighted by Crippen LogP contribution is 2.32. The van der Waals surface area contributed by atoms with E-state index in [4.69, 9.17) is 4.98 Å². The molecule has 0 spiro atoms. The summed E-state index contributed by atoms with van der Waals surface area (Å²) in [4.78, 5) is 17.0. The Kier molecular flexibility index (Phi) is 5.58. The molecule has 2 heterocycles. The molecular weight excluding hydrogens is 410 g/mol. The monoisotopic (exact) mass is 441 g/mol. The largest absolute Gasteiger partial charge is 0.327 e. The molecule has 0 bridgehead atoms. The summed E-state index contributed by atoms with van der Waals surface area (Å²) in [6, 6.07) is 7.79. The van der Waals surface area contributed by atoms with Gasteiger partial charge in [-0.15, -0.1) is 0 Å². The normalized spacial score (nSPS) is 16.1. The van der Waals surface area contributed by atoms with Gasteiger partial charge < -0.3 is 9.13 Å². The number of benzene rings is 1. The minimum absolute atomic E-state index is 0.00707. The Morgan fingerprint density at radius 1 is 1.03 bits per heavy atom. The van der Waals surface area contributed by atoms with E-state index in [1.54, 1.807) is 19.2 Å². The molecular formula is C24H31N3O3S. The van der Waals surface area contributed by atoms with Crippen molar-refractivity contribution >= 4 is 20.9 Å². The average molecular weight is 442 g/mol. The second kappa shape index (κ2) is 7.93. The number of hydrogen-bond acceptors (Lipinski definition) is 4. The van der Waals surface area contributed by atoms with Gasteiger partial charge in [-0.05, 0) is 43.0 Å².